The normalized spacial score (nSPS) is 16.5. The number of hydrogen-bond donors (Lipinski definition) is 17. The number of carbonyl (C=O) groups excluding carboxylic acids is 9. The maximum Gasteiger partial charge on any atom is 0.326 e. The lowest BCUT2D eigenvalue weighted by atomic mass is 9.84. The number of imidazole rings is 1. The molecular weight excluding hydrogens is 1070 g/mol. The van der Waals surface area contributed by atoms with Crippen molar-refractivity contribution in [2.75, 3.05) is 32.7 Å². The van der Waals surface area contributed by atoms with E-state index in [-0.39, 0.29) is 63.2 Å². The van der Waals surface area contributed by atoms with Gasteiger partial charge in [0.1, 0.15) is 42.3 Å². The fourth-order valence-electron chi connectivity index (χ4n) is 8.72. The molecule has 0 radical (unpaired) electrons. The van der Waals surface area contributed by atoms with Crippen molar-refractivity contribution in [2.24, 2.45) is 56.4 Å². The molecule has 31 nitrogen and oxygen atoms in total. The summed E-state index contributed by atoms with van der Waals surface area (Å²) in [6, 6.07) is -10.9. The average molecular weight is 1160 g/mol. The quantitative estimate of drug-likeness (QED) is 0.0170. The van der Waals surface area contributed by atoms with E-state index >= 15 is 0 Å². The molecule has 1 aliphatic carbocycles. The van der Waals surface area contributed by atoms with Crippen LogP contribution in [0.25, 0.3) is 0 Å². The monoisotopic (exact) mass is 1160 g/mol. The first-order valence-corrected chi connectivity index (χ1v) is 27.7. The Kier molecular flexibility index (Phi) is 30.9. The van der Waals surface area contributed by atoms with Gasteiger partial charge in [-0.25, -0.2) is 9.78 Å². The Bertz CT molecular complexity index is 2320. The van der Waals surface area contributed by atoms with E-state index in [2.05, 4.69) is 62.5 Å². The van der Waals surface area contributed by atoms with Crippen LogP contribution in [0.15, 0.2) is 22.5 Å². The molecule has 1 heterocycles. The largest absolute Gasteiger partial charge is 0.480 e. The highest BCUT2D eigenvalue weighted by molar-refractivity contribution is 5.98. The topological polar surface area (TPSA) is 514 Å². The van der Waals surface area contributed by atoms with E-state index in [9.17, 15) is 63.3 Å². The summed E-state index contributed by atoms with van der Waals surface area (Å²) in [5, 5.41) is 51.3. The van der Waals surface area contributed by atoms with Crippen molar-refractivity contribution in [1.29, 1.82) is 0 Å². The molecule has 462 valence electrons. The molecule has 1 aromatic rings. The highest BCUT2D eigenvalue weighted by Gasteiger charge is 2.37. The van der Waals surface area contributed by atoms with Crippen LogP contribution >= 0.6 is 0 Å². The summed E-state index contributed by atoms with van der Waals surface area (Å²) in [5.74, 6) is -10.4. The second kappa shape index (κ2) is 35.9. The van der Waals surface area contributed by atoms with Crippen LogP contribution in [0.3, 0.4) is 0 Å². The third-order valence-electron chi connectivity index (χ3n) is 13.7. The first-order chi connectivity index (χ1) is 38.6. The predicted octanol–water partition coefficient (Wildman–Crippen LogP) is -5.13. The number of nitrogens with two attached hydrogens (primary N) is 5. The molecule has 22 N–H and O–H groups in total. The number of aliphatic hydroxyl groups is 2. The summed E-state index contributed by atoms with van der Waals surface area (Å²) in [6.45, 7) is 9.04. The van der Waals surface area contributed by atoms with Crippen LogP contribution in [-0.2, 0) is 54.4 Å². The maximum absolute atomic E-state index is 14.3. The first kappa shape index (κ1) is 70.4. The van der Waals surface area contributed by atoms with Gasteiger partial charge < -0.3 is 96.4 Å². The van der Waals surface area contributed by atoms with Crippen molar-refractivity contribution < 1.29 is 63.3 Å². The highest BCUT2D eigenvalue weighted by Crippen LogP contribution is 2.27. The molecular formula is C51H90N18O13. The summed E-state index contributed by atoms with van der Waals surface area (Å²) in [4.78, 5) is 151. The zero-order valence-corrected chi connectivity index (χ0v) is 48.1. The van der Waals surface area contributed by atoms with Gasteiger partial charge in [-0.1, -0.05) is 66.2 Å². The molecule has 11 atom stereocenters. The van der Waals surface area contributed by atoms with Gasteiger partial charge in [0.05, 0.1) is 37.7 Å². The van der Waals surface area contributed by atoms with Crippen molar-refractivity contribution in [3.8, 4) is 0 Å². The lowest BCUT2D eigenvalue weighted by Gasteiger charge is -2.30. The van der Waals surface area contributed by atoms with Crippen LogP contribution in [-0.4, -0.2) is 195 Å². The average Bonchev–Trinajstić information content (AvgIpc) is 3.93. The second-order valence-electron chi connectivity index (χ2n) is 21.1. The van der Waals surface area contributed by atoms with E-state index in [0.717, 1.165) is 50.9 Å². The van der Waals surface area contributed by atoms with E-state index in [4.69, 9.17) is 28.7 Å². The number of aliphatic imine (C=N–C) groups is 2. The lowest BCUT2D eigenvalue weighted by Crippen LogP contribution is -2.62. The minimum absolute atomic E-state index is 0.0157. The summed E-state index contributed by atoms with van der Waals surface area (Å²) >= 11 is 0. The third kappa shape index (κ3) is 25.4. The van der Waals surface area contributed by atoms with E-state index in [0.29, 0.717) is 18.5 Å². The highest BCUT2D eigenvalue weighted by atomic mass is 16.4. The number of H-pyrrole nitrogens is 1. The lowest BCUT2D eigenvalue weighted by molar-refractivity contribution is -0.144. The molecule has 2 rings (SSSR count). The molecule has 82 heavy (non-hydrogen) atoms. The minimum Gasteiger partial charge on any atom is -0.480 e. The summed E-state index contributed by atoms with van der Waals surface area (Å²) in [5.41, 5.74) is 28.0. The molecule has 0 bridgehead atoms. The van der Waals surface area contributed by atoms with Crippen molar-refractivity contribution in [3.05, 3.63) is 18.2 Å². The summed E-state index contributed by atoms with van der Waals surface area (Å²) < 4.78 is 0. The van der Waals surface area contributed by atoms with Gasteiger partial charge in [0.25, 0.3) is 0 Å². The van der Waals surface area contributed by atoms with Gasteiger partial charge in [-0.2, -0.15) is 0 Å². The van der Waals surface area contributed by atoms with Crippen LogP contribution in [0.5, 0.6) is 0 Å². The molecule has 1 fully saturated rings. The minimum atomic E-state index is -1.83. The van der Waals surface area contributed by atoms with Crippen LogP contribution < -0.4 is 71.2 Å². The number of carboxylic acids is 1. The maximum atomic E-state index is 14.3. The zero-order valence-electron chi connectivity index (χ0n) is 48.1. The number of nitrogens with zero attached hydrogens (tertiary/aromatic N) is 4. The number of rotatable bonds is 36. The molecule has 1 saturated carbocycles. The number of carboxylic acid groups (broad SMARTS) is 1. The van der Waals surface area contributed by atoms with Gasteiger partial charge in [0.15, 0.2) is 11.9 Å². The van der Waals surface area contributed by atoms with Gasteiger partial charge in [-0.3, -0.25) is 53.1 Å². The standard InChI is InChI=1S/C51H90N18O13/c1-8-27(4)39(47(79)66-38(26(2)3)49(81)82)65-36(72)24-69(19-13-18-59-51(55)56)37(73)23-60-46(78)40(29(6)70)68-48(80)41(30(7)71)67-45(77)35(21-32-22-57-25-61-32)64-44(76)34(20-31-14-10-9-11-15-31)63-42(74)28(5)62-43(75)33(52)16-12-17-58-50(53)54/h22,25-31,33-35,38-41,70-71H,8-21,23-24,52H2,1-7H3,(H,57,61)(H,60,78)(H,62,75)(H,63,74)(H,64,76)(H,65,72)(H,66,79)(H,67,77)(H,68,80)(H,81,82)(H4,53,54,58)(H4,55,56,59)/t27?,28-,29+,30+,33-,34-,35-,38+,39-,40-,41-/m0/s1. The SMILES string of the molecule is CCC(C)[C@H](NC(=O)CN(CCCN=C(N)N)C(=O)CNC(=O)[C@@H](NC(=O)[C@@H](NC(=O)[C@H](Cc1cnc[nH]1)NC(=O)[C@H](CC1CCCCC1)NC(=O)[C@H](C)NC(=O)[C@@H](N)CCCN=C(N)N)[C@@H](C)O)[C@@H](C)O)C(=O)N[C@@H](C(=O)O)C(C)C. The van der Waals surface area contributed by atoms with E-state index in [1.807, 2.05) is 0 Å². The fourth-order valence-corrected chi connectivity index (χ4v) is 8.72. The Labute approximate surface area is 477 Å². The Morgan fingerprint density at radius 3 is 1.78 bits per heavy atom. The molecule has 9 amide bonds. The molecule has 31 heteroatoms. The number of aliphatic carboxylic acids is 1. The molecule has 0 spiro atoms. The van der Waals surface area contributed by atoms with E-state index in [1.165, 1.54) is 19.4 Å². The Hall–Kier alpha value is -7.67. The smallest absolute Gasteiger partial charge is 0.326 e. The number of hydrogen-bond acceptors (Lipinski definition) is 16. The third-order valence-corrected chi connectivity index (χ3v) is 13.7. The second-order valence-corrected chi connectivity index (χ2v) is 21.1. The van der Waals surface area contributed by atoms with Gasteiger partial charge in [0.2, 0.25) is 53.2 Å². The van der Waals surface area contributed by atoms with Crippen LogP contribution in [0.2, 0.25) is 0 Å². The molecule has 0 aliphatic heterocycles. The number of aromatic nitrogens is 2. The Morgan fingerprint density at radius 1 is 0.683 bits per heavy atom. The van der Waals surface area contributed by atoms with Crippen LogP contribution in [0.1, 0.15) is 118 Å². The molecule has 0 aromatic carbocycles. The Balaban J connectivity index is 2.31. The number of aromatic amines is 1. The van der Waals surface area contributed by atoms with Crippen LogP contribution in [0, 0.1) is 17.8 Å². The summed E-state index contributed by atoms with van der Waals surface area (Å²) in [6.07, 6.45) is 4.80. The van der Waals surface area contributed by atoms with E-state index in [1.54, 1.807) is 27.7 Å². The predicted molar refractivity (Wildman–Crippen MR) is 301 cm³/mol. The number of nitrogens with one attached hydrogen (secondary N) is 9. The van der Waals surface area contributed by atoms with Gasteiger partial charge >= 0.3 is 5.97 Å². The zero-order chi connectivity index (χ0) is 61.8. The van der Waals surface area contributed by atoms with Gasteiger partial charge in [0, 0.05) is 37.9 Å². The van der Waals surface area contributed by atoms with Crippen LogP contribution in [0.4, 0.5) is 0 Å². The van der Waals surface area contributed by atoms with Crippen molar-refractivity contribution >= 4 is 71.1 Å². The van der Waals surface area contributed by atoms with Crippen molar-refractivity contribution in [3.63, 3.8) is 0 Å². The molecule has 0 saturated heterocycles. The molecule has 1 aromatic heterocycles. The molecule has 1 aliphatic rings. The summed E-state index contributed by atoms with van der Waals surface area (Å²) in [7, 11) is 0. The van der Waals surface area contributed by atoms with Crippen molar-refractivity contribution in [1.82, 2.24) is 57.4 Å². The first-order valence-electron chi connectivity index (χ1n) is 27.7. The van der Waals surface area contributed by atoms with Crippen molar-refractivity contribution in [2.45, 2.75) is 180 Å². The fraction of sp³-hybridized carbons (Fsp3) is 0.706. The Morgan fingerprint density at radius 2 is 1.23 bits per heavy atom. The number of amides is 9. The number of aliphatic hydroxyl groups excluding tert-OH is 2. The molecule has 1 unspecified atom stereocenters. The van der Waals surface area contributed by atoms with Gasteiger partial charge in [-0.15, -0.1) is 0 Å². The number of guanidine groups is 2. The number of carbonyl (C=O) groups is 10. The van der Waals surface area contributed by atoms with E-state index < -0.39 is 145 Å². The van der Waals surface area contributed by atoms with Gasteiger partial charge in [-0.05, 0) is 64.2 Å².